The molecule has 94 heavy (non-hydrogen) atoms. The predicted molar refractivity (Wildman–Crippen MR) is 382 cm³/mol. The molecule has 10 heteroatoms. The first-order chi connectivity index (χ1) is 46.4. The number of fused-ring (bicyclic) bond motifs is 7. The van der Waals surface area contributed by atoms with Crippen LogP contribution in [-0.2, 0) is 0 Å². The van der Waals surface area contributed by atoms with Crippen molar-refractivity contribution in [2.45, 2.75) is 0 Å². The minimum absolute atomic E-state index is 0.269. The first-order valence-corrected chi connectivity index (χ1v) is 31.2. The van der Waals surface area contributed by atoms with Crippen molar-refractivity contribution in [1.82, 2.24) is 19.5 Å². The van der Waals surface area contributed by atoms with Crippen molar-refractivity contribution in [2.75, 3.05) is 9.80 Å². The number of nitrogens with zero attached hydrogens (tertiary/aromatic N) is 9. The van der Waals surface area contributed by atoms with Crippen LogP contribution in [0.1, 0.15) is 11.1 Å². The Hall–Kier alpha value is -13.2. The molecule has 0 fully saturated rings. The van der Waals surface area contributed by atoms with E-state index in [9.17, 15) is 10.5 Å². The van der Waals surface area contributed by atoms with E-state index in [-0.39, 0.29) is 6.71 Å². The van der Waals surface area contributed by atoms with Gasteiger partial charge in [0.15, 0.2) is 23.2 Å². The molecule has 2 aliphatic rings. The Morgan fingerprint density at radius 1 is 0.330 bits per heavy atom. The normalized spacial score (nSPS) is 11.9. The summed E-state index contributed by atoms with van der Waals surface area (Å²) < 4.78 is 2.30. The van der Waals surface area contributed by atoms with Gasteiger partial charge in [0, 0.05) is 61.6 Å². The highest BCUT2D eigenvalue weighted by molar-refractivity contribution is 7.00. The summed E-state index contributed by atoms with van der Waals surface area (Å²) in [5.41, 5.74) is 23.9. The molecule has 4 heterocycles. The van der Waals surface area contributed by atoms with Gasteiger partial charge in [-0.15, -0.1) is 0 Å². The third-order valence-electron chi connectivity index (χ3n) is 18.3. The predicted octanol–water partition coefficient (Wildman–Crippen LogP) is 19.0. The van der Waals surface area contributed by atoms with Crippen molar-refractivity contribution in [2.24, 2.45) is 0 Å². The molecule has 9 nitrogen and oxygen atoms in total. The first-order valence-electron chi connectivity index (χ1n) is 31.2. The van der Waals surface area contributed by atoms with Crippen LogP contribution >= 0.6 is 0 Å². The van der Waals surface area contributed by atoms with Gasteiger partial charge in [-0.25, -0.2) is 19.8 Å². The molecule has 0 aliphatic carbocycles. The third kappa shape index (κ3) is 9.36. The number of benzene rings is 13. The summed E-state index contributed by atoms with van der Waals surface area (Å²) in [4.78, 5) is 24.3. The van der Waals surface area contributed by atoms with E-state index in [1.54, 1.807) is 0 Å². The van der Waals surface area contributed by atoms with Crippen molar-refractivity contribution < 1.29 is 0 Å². The zero-order valence-corrected chi connectivity index (χ0v) is 50.5. The maximum atomic E-state index is 10.7. The highest BCUT2D eigenvalue weighted by Gasteiger charge is 2.44. The molecule has 2 aromatic heterocycles. The highest BCUT2D eigenvalue weighted by Crippen LogP contribution is 2.49. The number of aromatic nitrogens is 4. The van der Waals surface area contributed by atoms with Crippen LogP contribution in [0.5, 0.6) is 0 Å². The van der Waals surface area contributed by atoms with Gasteiger partial charge in [-0.2, -0.15) is 10.5 Å². The van der Waals surface area contributed by atoms with E-state index in [2.05, 4.69) is 213 Å². The fourth-order valence-corrected chi connectivity index (χ4v) is 13.9. The Bertz CT molecular complexity index is 5410. The van der Waals surface area contributed by atoms with Gasteiger partial charge in [-0.05, 0) is 152 Å². The summed E-state index contributed by atoms with van der Waals surface area (Å²) in [5, 5.41) is 23.4. The average molecular weight is 1200 g/mol. The maximum Gasteiger partial charge on any atom is 0.251 e. The van der Waals surface area contributed by atoms with E-state index in [1.807, 2.05) is 121 Å². The van der Waals surface area contributed by atoms with Crippen LogP contribution in [0.2, 0.25) is 0 Å². The minimum Gasteiger partial charge on any atom is -0.313 e. The summed E-state index contributed by atoms with van der Waals surface area (Å²) in [6.07, 6.45) is 0. The second kappa shape index (κ2) is 22.7. The van der Waals surface area contributed by atoms with Crippen LogP contribution in [0, 0.1) is 29.2 Å². The second-order valence-corrected chi connectivity index (χ2v) is 23.6. The Morgan fingerprint density at radius 2 is 0.777 bits per heavy atom. The van der Waals surface area contributed by atoms with Gasteiger partial charge in [0.05, 0.1) is 46.6 Å². The van der Waals surface area contributed by atoms with Gasteiger partial charge < -0.3 is 14.4 Å². The fraction of sp³-hybridized carbons (Fsp3) is 0. The average Bonchev–Trinajstić information content (AvgIpc) is 0.770. The highest BCUT2D eigenvalue weighted by atomic mass is 15.2. The molecular weight excluding hydrogens is 1150 g/mol. The van der Waals surface area contributed by atoms with Gasteiger partial charge in [0.1, 0.15) is 0 Å². The molecule has 0 radical (unpaired) electrons. The van der Waals surface area contributed by atoms with E-state index < -0.39 is 0 Å². The maximum absolute atomic E-state index is 10.7. The summed E-state index contributed by atoms with van der Waals surface area (Å²) in [7, 11) is 0. The van der Waals surface area contributed by atoms with Crippen molar-refractivity contribution in [1.29, 1.82) is 10.5 Å². The molecule has 0 atom stereocenters. The molecular formula is C84H50BN9. The molecule has 0 saturated heterocycles. The van der Waals surface area contributed by atoms with Crippen molar-refractivity contribution in [3.05, 3.63) is 326 Å². The largest absolute Gasteiger partial charge is 0.313 e. The Kier molecular flexibility index (Phi) is 13.3. The smallest absolute Gasteiger partial charge is 0.251 e. The van der Waals surface area contributed by atoms with Crippen molar-refractivity contribution >= 4 is 84.7 Å². The van der Waals surface area contributed by atoms with Crippen LogP contribution < -0.4 is 26.2 Å². The third-order valence-corrected chi connectivity index (χ3v) is 18.3. The topological polar surface area (TPSA) is 102 Å². The lowest BCUT2D eigenvalue weighted by atomic mass is 9.33. The zero-order valence-electron chi connectivity index (χ0n) is 50.5. The standard InChI is InChI=1S/C84H50BN9/c1-88-66-35-42-73-78(51-66)93(68-38-31-60(32-39-68)57-19-9-3-10-20-57)80-50-65(49-79-81(80)85(73)72-41-27-55(53-87)46-77(72)92(79)67-36-29-59(30-37-67)56-17-7-2-8-18-56)63-34-44-74-70(47-63)69-40-33-64(58-21-11-4-12-22-58)48-76(69)94(74)75-43-28-54(52-86)45-71(75)84-90-82(61-23-13-5-14-24-61)89-83(91-84)62-25-15-6-16-26-62/h2-51H. The lowest BCUT2D eigenvalue weighted by Gasteiger charge is -2.44. The number of rotatable bonds is 10. The lowest BCUT2D eigenvalue weighted by molar-refractivity contribution is 1.06. The van der Waals surface area contributed by atoms with Crippen molar-refractivity contribution in [3.63, 3.8) is 0 Å². The molecule has 434 valence electrons. The van der Waals surface area contributed by atoms with Gasteiger partial charge in [-0.3, -0.25) is 0 Å². The van der Waals surface area contributed by atoms with Crippen molar-refractivity contribution in [3.8, 4) is 96.5 Å². The fourth-order valence-electron chi connectivity index (χ4n) is 13.9. The second-order valence-electron chi connectivity index (χ2n) is 23.6. The van der Waals surface area contributed by atoms with Gasteiger partial charge in [-0.1, -0.05) is 212 Å². The molecule has 0 bridgehead atoms. The van der Waals surface area contributed by atoms with Gasteiger partial charge >= 0.3 is 0 Å². The van der Waals surface area contributed by atoms with Crippen LogP contribution in [0.25, 0.3) is 111 Å². The summed E-state index contributed by atoms with van der Waals surface area (Å²) in [5.74, 6) is 1.46. The number of anilines is 6. The van der Waals surface area contributed by atoms with E-state index in [0.717, 1.165) is 134 Å². The molecule has 0 spiro atoms. The van der Waals surface area contributed by atoms with Gasteiger partial charge in [0.2, 0.25) is 0 Å². The molecule has 0 unspecified atom stereocenters. The lowest BCUT2D eigenvalue weighted by Crippen LogP contribution is -2.61. The van der Waals surface area contributed by atoms with E-state index >= 15 is 0 Å². The van der Waals surface area contributed by atoms with Crippen LogP contribution in [0.4, 0.5) is 39.8 Å². The summed E-state index contributed by atoms with van der Waals surface area (Å²) in [6, 6.07) is 110. The Labute approximate surface area is 543 Å². The monoisotopic (exact) mass is 1200 g/mol. The van der Waals surface area contributed by atoms with E-state index in [1.165, 1.54) is 0 Å². The molecule has 0 N–H and O–H groups in total. The number of hydrogen-bond acceptors (Lipinski definition) is 7. The van der Waals surface area contributed by atoms with E-state index in [4.69, 9.17) is 21.5 Å². The van der Waals surface area contributed by atoms with Crippen LogP contribution in [0.15, 0.2) is 303 Å². The van der Waals surface area contributed by atoms with E-state index in [0.29, 0.717) is 39.9 Å². The molecule has 13 aromatic carbocycles. The summed E-state index contributed by atoms with van der Waals surface area (Å²) in [6.45, 7) is 8.11. The van der Waals surface area contributed by atoms with Crippen LogP contribution in [-0.4, -0.2) is 26.2 Å². The Balaban J connectivity index is 0.924. The Morgan fingerprint density at radius 3 is 1.32 bits per heavy atom. The molecule has 0 saturated carbocycles. The molecule has 15 aromatic rings. The summed E-state index contributed by atoms with van der Waals surface area (Å²) >= 11 is 0. The van der Waals surface area contributed by atoms with Gasteiger partial charge in [0.25, 0.3) is 6.71 Å². The number of hydrogen-bond donors (Lipinski definition) is 0. The number of nitriles is 2. The molecule has 2 aliphatic heterocycles. The zero-order chi connectivity index (χ0) is 62.8. The quantitative estimate of drug-likeness (QED) is 0.0993. The first kappa shape index (κ1) is 54.9. The molecule has 17 rings (SSSR count). The SMILES string of the molecule is [C-]#[N+]c1ccc2c(c1)N(c1ccc(-c3ccccc3)cc1)c1cc(-c3ccc4c(c3)c3ccc(-c5ccccc5)cc3n4-c3ccc(C#N)cc3-c3nc(-c4ccccc4)nc(-c4ccccc4)n3)cc3c1B2c1ccc(C#N)cc1N3c1ccc(-c2ccccc2)cc1. The molecule has 0 amide bonds. The van der Waals surface area contributed by atoms with Crippen LogP contribution in [0.3, 0.4) is 0 Å². The minimum atomic E-state index is -0.269.